The maximum Gasteiger partial charge on any atom is 0.278 e. The van der Waals surface area contributed by atoms with Crippen molar-refractivity contribution in [2.24, 2.45) is 0 Å². The van der Waals surface area contributed by atoms with E-state index in [1.54, 1.807) is 86.0 Å². The molecule has 0 bridgehead atoms. The third-order valence-electron chi connectivity index (χ3n) is 6.33. The van der Waals surface area contributed by atoms with Gasteiger partial charge in [-0.05, 0) is 72.8 Å². The van der Waals surface area contributed by atoms with E-state index in [4.69, 9.17) is 18.6 Å². The van der Waals surface area contributed by atoms with Crippen LogP contribution < -0.4 is 24.8 Å². The van der Waals surface area contributed by atoms with Gasteiger partial charge in [0.2, 0.25) is 6.79 Å². The number of imide groups is 1. The molecule has 2 N–H and O–H groups in total. The van der Waals surface area contributed by atoms with Crippen molar-refractivity contribution in [1.29, 1.82) is 0 Å². The Hall–Kier alpha value is -5.16. The maximum atomic E-state index is 13.5. The third kappa shape index (κ3) is 5.48. The summed E-state index contributed by atoms with van der Waals surface area (Å²) in [6, 6.07) is 22.4. The van der Waals surface area contributed by atoms with Crippen LogP contribution >= 0.6 is 11.8 Å². The van der Waals surface area contributed by atoms with Crippen LogP contribution in [0.15, 0.2) is 105 Å². The Morgan fingerprint density at radius 2 is 1.76 bits per heavy atom. The number of nitrogens with zero attached hydrogens (tertiary/aromatic N) is 1. The van der Waals surface area contributed by atoms with Gasteiger partial charge in [-0.25, -0.2) is 0 Å². The van der Waals surface area contributed by atoms with Crippen LogP contribution in [0.5, 0.6) is 17.2 Å². The number of benzene rings is 3. The average Bonchev–Trinajstić information content (AvgIpc) is 3.73. The Labute approximate surface area is 238 Å². The van der Waals surface area contributed by atoms with Gasteiger partial charge in [-0.1, -0.05) is 17.8 Å². The number of fused-ring (bicyclic) bond motifs is 1. The van der Waals surface area contributed by atoms with Gasteiger partial charge in [0.05, 0.1) is 19.9 Å². The molecule has 6 rings (SSSR count). The number of nitrogens with one attached hydrogen (secondary N) is 2. The van der Waals surface area contributed by atoms with Crippen LogP contribution in [0.25, 0.3) is 0 Å². The molecular formula is C30H23N3O7S. The fourth-order valence-electron chi connectivity index (χ4n) is 4.28. The van der Waals surface area contributed by atoms with Crippen LogP contribution in [-0.4, -0.2) is 36.5 Å². The number of methoxy groups -OCH3 is 1. The number of rotatable bonds is 9. The second-order valence-corrected chi connectivity index (χ2v) is 10.1. The van der Waals surface area contributed by atoms with E-state index in [0.717, 1.165) is 16.7 Å². The summed E-state index contributed by atoms with van der Waals surface area (Å²) in [7, 11) is 1.57. The largest absolute Gasteiger partial charge is 0.497 e. The van der Waals surface area contributed by atoms with Crippen LogP contribution in [-0.2, 0) is 16.1 Å². The summed E-state index contributed by atoms with van der Waals surface area (Å²) >= 11 is 1.13. The number of furan rings is 1. The fourth-order valence-corrected chi connectivity index (χ4v) is 5.28. The Kier molecular flexibility index (Phi) is 7.09. The van der Waals surface area contributed by atoms with Crippen molar-refractivity contribution in [2.45, 2.75) is 11.4 Å². The van der Waals surface area contributed by atoms with Gasteiger partial charge in [0, 0.05) is 21.8 Å². The van der Waals surface area contributed by atoms with E-state index in [1.165, 1.54) is 6.26 Å². The highest BCUT2D eigenvalue weighted by Gasteiger charge is 2.39. The molecule has 0 saturated carbocycles. The lowest BCUT2D eigenvalue weighted by Crippen LogP contribution is -2.31. The molecule has 2 aliphatic rings. The van der Waals surface area contributed by atoms with E-state index in [0.29, 0.717) is 44.8 Å². The minimum atomic E-state index is -0.475. The van der Waals surface area contributed by atoms with Crippen molar-refractivity contribution in [3.05, 3.63) is 107 Å². The molecule has 41 heavy (non-hydrogen) atoms. The fraction of sp³-hybridized carbons (Fsp3) is 0.100. The van der Waals surface area contributed by atoms with Crippen LogP contribution in [0, 0.1) is 0 Å². The highest BCUT2D eigenvalue weighted by Crippen LogP contribution is 2.38. The summed E-state index contributed by atoms with van der Waals surface area (Å²) in [5, 5.41) is 5.98. The molecule has 1 aromatic heterocycles. The molecule has 11 heteroatoms. The number of thioether (sulfide) groups is 1. The molecule has 3 heterocycles. The Bertz CT molecular complexity index is 1670. The predicted octanol–water partition coefficient (Wildman–Crippen LogP) is 5.25. The van der Waals surface area contributed by atoms with Gasteiger partial charge in [0.15, 0.2) is 11.5 Å². The molecule has 0 radical (unpaired) electrons. The summed E-state index contributed by atoms with van der Waals surface area (Å²) in [6.07, 6.45) is 1.49. The molecule has 0 saturated heterocycles. The maximum absolute atomic E-state index is 13.5. The topological polar surface area (TPSA) is 119 Å². The lowest BCUT2D eigenvalue weighted by Gasteiger charge is -2.13. The predicted molar refractivity (Wildman–Crippen MR) is 151 cm³/mol. The molecule has 10 nitrogen and oxygen atoms in total. The zero-order valence-electron chi connectivity index (χ0n) is 21.7. The lowest BCUT2D eigenvalue weighted by molar-refractivity contribution is -0.138. The van der Waals surface area contributed by atoms with Crippen molar-refractivity contribution in [2.75, 3.05) is 24.5 Å². The van der Waals surface area contributed by atoms with E-state index in [1.807, 2.05) is 0 Å². The van der Waals surface area contributed by atoms with Crippen molar-refractivity contribution in [3.63, 3.8) is 0 Å². The van der Waals surface area contributed by atoms with Crippen molar-refractivity contribution >= 4 is 40.9 Å². The molecule has 0 atom stereocenters. The third-order valence-corrected chi connectivity index (χ3v) is 7.40. The van der Waals surface area contributed by atoms with E-state index >= 15 is 0 Å². The van der Waals surface area contributed by atoms with Gasteiger partial charge in [-0.15, -0.1) is 0 Å². The highest BCUT2D eigenvalue weighted by atomic mass is 32.2. The first-order valence-electron chi connectivity index (χ1n) is 12.5. The zero-order chi connectivity index (χ0) is 28.3. The molecule has 4 aromatic rings. The molecule has 0 fully saturated rings. The number of anilines is 2. The van der Waals surface area contributed by atoms with E-state index in [-0.39, 0.29) is 29.8 Å². The normalized spacial score (nSPS) is 14.0. The molecule has 0 aliphatic carbocycles. The Morgan fingerprint density at radius 1 is 0.927 bits per heavy atom. The van der Waals surface area contributed by atoms with Gasteiger partial charge in [-0.3, -0.25) is 19.3 Å². The van der Waals surface area contributed by atoms with Crippen LogP contribution in [0.1, 0.15) is 16.1 Å². The quantitative estimate of drug-likeness (QED) is 0.260. The summed E-state index contributed by atoms with van der Waals surface area (Å²) in [4.78, 5) is 41.9. The number of hydrogen-bond acceptors (Lipinski definition) is 9. The first kappa shape index (κ1) is 26.1. The van der Waals surface area contributed by atoms with E-state index in [2.05, 4.69) is 10.6 Å². The van der Waals surface area contributed by atoms with Crippen molar-refractivity contribution in [3.8, 4) is 17.2 Å². The number of carbonyl (C=O) groups is 3. The van der Waals surface area contributed by atoms with Crippen LogP contribution in [0.4, 0.5) is 11.4 Å². The molecular weight excluding hydrogens is 546 g/mol. The summed E-state index contributed by atoms with van der Waals surface area (Å²) in [6.45, 7) is 0.110. The Morgan fingerprint density at radius 3 is 2.54 bits per heavy atom. The van der Waals surface area contributed by atoms with E-state index < -0.39 is 11.8 Å². The first-order chi connectivity index (χ1) is 20.0. The smallest absolute Gasteiger partial charge is 0.278 e. The first-order valence-corrected chi connectivity index (χ1v) is 13.3. The summed E-state index contributed by atoms with van der Waals surface area (Å²) in [5.41, 5.74) is 1.69. The molecule has 0 unspecified atom stereocenters. The molecule has 206 valence electrons. The van der Waals surface area contributed by atoms with Gasteiger partial charge in [0.1, 0.15) is 22.1 Å². The molecule has 3 aromatic carbocycles. The Balaban J connectivity index is 1.25. The zero-order valence-corrected chi connectivity index (χ0v) is 22.5. The van der Waals surface area contributed by atoms with Gasteiger partial charge >= 0.3 is 0 Å². The number of amides is 3. The van der Waals surface area contributed by atoms with Gasteiger partial charge < -0.3 is 29.3 Å². The summed E-state index contributed by atoms with van der Waals surface area (Å²) < 4.78 is 21.3. The standard InChI is InChI=1S/C30H23N3O7S/c1-37-21-10-8-19(9-11-21)31-26-27(30(36)33(29(26)35)16-22-5-3-13-38-22)41-23-6-2-4-20(15-23)32-28(34)18-7-12-24-25(14-18)40-17-39-24/h2-15,31H,16-17H2,1H3,(H,32,34). The van der Waals surface area contributed by atoms with Crippen molar-refractivity contribution in [1.82, 2.24) is 4.90 Å². The van der Waals surface area contributed by atoms with E-state index in [9.17, 15) is 14.4 Å². The number of hydrogen-bond donors (Lipinski definition) is 2. The minimum Gasteiger partial charge on any atom is -0.497 e. The molecule has 3 amide bonds. The second-order valence-electron chi connectivity index (χ2n) is 8.99. The van der Waals surface area contributed by atoms with Gasteiger partial charge in [0.25, 0.3) is 17.7 Å². The SMILES string of the molecule is COc1ccc(NC2=C(Sc3cccc(NC(=O)c4ccc5c(c4)OCO5)c3)C(=O)N(Cc3ccco3)C2=O)cc1. The average molecular weight is 570 g/mol. The van der Waals surface area contributed by atoms with Crippen LogP contribution in [0.3, 0.4) is 0 Å². The molecule has 2 aliphatic heterocycles. The monoisotopic (exact) mass is 569 g/mol. The van der Waals surface area contributed by atoms with Crippen LogP contribution in [0.2, 0.25) is 0 Å². The lowest BCUT2D eigenvalue weighted by atomic mass is 10.2. The second kappa shape index (κ2) is 11.1. The number of carbonyl (C=O) groups excluding carboxylic acids is 3. The van der Waals surface area contributed by atoms with Gasteiger partial charge in [-0.2, -0.15) is 0 Å². The summed E-state index contributed by atoms with van der Waals surface area (Å²) in [5.74, 6) is 0.975. The number of ether oxygens (including phenoxy) is 3. The molecule has 0 spiro atoms. The highest BCUT2D eigenvalue weighted by molar-refractivity contribution is 8.04. The van der Waals surface area contributed by atoms with Crippen molar-refractivity contribution < 1.29 is 33.0 Å². The minimum absolute atomic E-state index is 0.00580.